The Morgan fingerprint density at radius 3 is 1.86 bits per heavy atom. The monoisotopic (exact) mass is 625 g/mol. The summed E-state index contributed by atoms with van der Waals surface area (Å²) in [6, 6.07) is 0. The molecule has 0 saturated carbocycles. The Hall–Kier alpha value is -2.60. The number of ether oxygens (including phenoxy) is 3. The van der Waals surface area contributed by atoms with E-state index in [0.29, 0.717) is 17.7 Å². The van der Waals surface area contributed by atoms with E-state index in [0.717, 1.165) is 25.7 Å². The van der Waals surface area contributed by atoms with Crippen molar-refractivity contribution in [3.63, 3.8) is 0 Å². The lowest BCUT2D eigenvalue weighted by atomic mass is 10.0. The van der Waals surface area contributed by atoms with Crippen LogP contribution in [0.3, 0.4) is 0 Å². The summed E-state index contributed by atoms with van der Waals surface area (Å²) in [5.41, 5.74) is 4.22. The number of hydrogen-bond acceptors (Lipinski definition) is 10. The molecule has 0 unspecified atom stereocenters. The topological polar surface area (TPSA) is 173 Å². The van der Waals surface area contributed by atoms with E-state index >= 15 is 0 Å². The van der Waals surface area contributed by atoms with Crippen molar-refractivity contribution in [1.82, 2.24) is 29.7 Å². The Bertz CT molecular complexity index is 1200. The number of anilines is 1. The maximum Gasteiger partial charge on any atom is 0.326 e. The van der Waals surface area contributed by atoms with Gasteiger partial charge < -0.3 is 24.5 Å². The minimum absolute atomic E-state index is 0.234. The van der Waals surface area contributed by atoms with Crippen LogP contribution in [0, 0.1) is 11.8 Å². The number of carbonyl (C=O) groups is 2. The first kappa shape index (κ1) is 36.6. The maximum atomic E-state index is 14.5. The summed E-state index contributed by atoms with van der Waals surface area (Å²) in [7, 11) is -3.79. The second-order valence-electron chi connectivity index (χ2n) is 12.2. The van der Waals surface area contributed by atoms with Gasteiger partial charge in [0.25, 0.3) is 0 Å². The fraction of sp³-hybridized carbons (Fsp3) is 0.759. The molecule has 2 rings (SSSR count). The van der Waals surface area contributed by atoms with Crippen LogP contribution in [0.2, 0.25) is 0 Å². The predicted molar refractivity (Wildman–Crippen MR) is 167 cm³/mol. The van der Waals surface area contributed by atoms with Crippen LogP contribution in [0.15, 0.2) is 12.7 Å². The Morgan fingerprint density at radius 1 is 0.907 bits per heavy atom. The number of aromatic nitrogens is 4. The zero-order valence-electron chi connectivity index (χ0n) is 27.3. The van der Waals surface area contributed by atoms with Gasteiger partial charge in [-0.3, -0.25) is 14.2 Å². The van der Waals surface area contributed by atoms with Crippen molar-refractivity contribution >= 4 is 36.4 Å². The number of esters is 2. The third-order valence-corrected chi connectivity index (χ3v) is 9.93. The molecule has 2 aromatic rings. The Morgan fingerprint density at radius 2 is 1.40 bits per heavy atom. The van der Waals surface area contributed by atoms with Gasteiger partial charge in [0, 0.05) is 0 Å². The second-order valence-corrected chi connectivity index (χ2v) is 14.4. The lowest BCUT2D eigenvalue weighted by Crippen LogP contribution is -2.54. The standard InChI is InChI=1S/C29H52N7O6P/c1-10-21(11-2)15-40-26(37)28(6,7)34-43(39,35-29(8,9)27(38)41-16-22(12-3)13-4)19-42-20(5)14-36-18-33-23-24(30)31-17-32-25(23)36/h17-18,20-22H,10-16,19H2,1-9H3,(H2,30,31,32)(H2,34,35,39)/t20-/m1/s1. The molecule has 1 atom stereocenters. The van der Waals surface area contributed by atoms with E-state index in [9.17, 15) is 14.2 Å². The molecule has 0 bridgehead atoms. The first-order chi connectivity index (χ1) is 20.1. The molecule has 0 amide bonds. The van der Waals surface area contributed by atoms with Crippen LogP contribution in [0.5, 0.6) is 0 Å². The number of rotatable bonds is 19. The SMILES string of the molecule is CCC(CC)COC(=O)C(C)(C)NP(=O)(CO[C@H](C)Cn1cnc2c(N)ncnc21)NC(C)(C)C(=O)OCC(CC)CC. The molecule has 0 aliphatic carbocycles. The van der Waals surface area contributed by atoms with E-state index < -0.39 is 36.6 Å². The van der Waals surface area contributed by atoms with Crippen molar-refractivity contribution in [2.75, 3.05) is 25.3 Å². The molecule has 4 N–H and O–H groups in total. The highest BCUT2D eigenvalue weighted by Crippen LogP contribution is 2.42. The molecular formula is C29H52N7O6P. The minimum Gasteiger partial charge on any atom is -0.464 e. The van der Waals surface area contributed by atoms with E-state index in [1.807, 2.05) is 34.6 Å². The molecule has 2 heterocycles. The number of nitrogens with two attached hydrogens (primary N) is 1. The molecule has 0 fully saturated rings. The zero-order valence-corrected chi connectivity index (χ0v) is 28.2. The van der Waals surface area contributed by atoms with E-state index in [2.05, 4.69) is 25.1 Å². The summed E-state index contributed by atoms with van der Waals surface area (Å²) in [6.07, 6.45) is 5.67. The van der Waals surface area contributed by atoms with Gasteiger partial charge >= 0.3 is 11.9 Å². The summed E-state index contributed by atoms with van der Waals surface area (Å²) in [4.78, 5) is 38.7. The number of nitrogens with zero attached hydrogens (tertiary/aromatic N) is 4. The highest BCUT2D eigenvalue weighted by Gasteiger charge is 2.43. The number of imidazole rings is 1. The molecule has 0 radical (unpaired) electrons. The number of hydrogen-bond donors (Lipinski definition) is 3. The van der Waals surface area contributed by atoms with Crippen molar-refractivity contribution in [3.8, 4) is 0 Å². The van der Waals surface area contributed by atoms with E-state index in [4.69, 9.17) is 19.9 Å². The predicted octanol–water partition coefficient (Wildman–Crippen LogP) is 4.66. The van der Waals surface area contributed by atoms with Gasteiger partial charge in [0.05, 0.1) is 32.2 Å². The molecule has 14 heteroatoms. The van der Waals surface area contributed by atoms with E-state index in [1.165, 1.54) is 6.33 Å². The first-order valence-electron chi connectivity index (χ1n) is 15.2. The lowest BCUT2D eigenvalue weighted by Gasteiger charge is -2.35. The van der Waals surface area contributed by atoms with Crippen LogP contribution < -0.4 is 15.9 Å². The van der Waals surface area contributed by atoms with Gasteiger partial charge in [0.15, 0.2) is 11.5 Å². The van der Waals surface area contributed by atoms with E-state index in [1.54, 1.807) is 38.6 Å². The summed E-state index contributed by atoms with van der Waals surface area (Å²) < 4.78 is 33.5. The van der Waals surface area contributed by atoms with Crippen molar-refractivity contribution in [2.24, 2.45) is 11.8 Å². The molecule has 43 heavy (non-hydrogen) atoms. The second kappa shape index (κ2) is 15.9. The minimum atomic E-state index is -3.79. The largest absolute Gasteiger partial charge is 0.464 e. The van der Waals surface area contributed by atoms with Crippen molar-refractivity contribution in [1.29, 1.82) is 0 Å². The number of nitrogen functional groups attached to an aromatic ring is 1. The highest BCUT2D eigenvalue weighted by atomic mass is 31.2. The van der Waals surface area contributed by atoms with Crippen LogP contribution in [-0.4, -0.2) is 68.2 Å². The smallest absolute Gasteiger partial charge is 0.326 e. The molecule has 0 aliphatic rings. The summed E-state index contributed by atoms with van der Waals surface area (Å²) in [6.45, 7) is 17.2. The first-order valence-corrected chi connectivity index (χ1v) is 17.1. The van der Waals surface area contributed by atoms with Crippen LogP contribution in [0.4, 0.5) is 5.82 Å². The van der Waals surface area contributed by atoms with Gasteiger partial charge in [0.2, 0.25) is 7.44 Å². The molecule has 0 aliphatic heterocycles. The van der Waals surface area contributed by atoms with Gasteiger partial charge in [-0.05, 0) is 46.5 Å². The fourth-order valence-electron chi connectivity index (χ4n) is 4.48. The van der Waals surface area contributed by atoms with Gasteiger partial charge in [0.1, 0.15) is 29.3 Å². The molecule has 13 nitrogen and oxygen atoms in total. The lowest BCUT2D eigenvalue weighted by molar-refractivity contribution is -0.151. The van der Waals surface area contributed by atoms with Gasteiger partial charge in [-0.2, -0.15) is 0 Å². The molecule has 0 spiro atoms. The van der Waals surface area contributed by atoms with Crippen molar-refractivity contribution < 1.29 is 28.4 Å². The highest BCUT2D eigenvalue weighted by molar-refractivity contribution is 7.59. The molecular weight excluding hydrogens is 573 g/mol. The van der Waals surface area contributed by atoms with Crippen LogP contribution in [0.1, 0.15) is 88.0 Å². The van der Waals surface area contributed by atoms with Crippen LogP contribution in [-0.2, 0) is 34.9 Å². The Kier molecular flexibility index (Phi) is 13.6. The quantitative estimate of drug-likeness (QED) is 0.146. The van der Waals surface area contributed by atoms with Crippen LogP contribution in [0.25, 0.3) is 11.2 Å². The fourth-order valence-corrected chi connectivity index (χ4v) is 7.12. The molecule has 244 valence electrons. The normalized spacial score (nSPS) is 13.6. The average molecular weight is 626 g/mol. The van der Waals surface area contributed by atoms with Gasteiger partial charge in [-0.25, -0.2) is 25.1 Å². The summed E-state index contributed by atoms with van der Waals surface area (Å²) >= 11 is 0. The van der Waals surface area contributed by atoms with E-state index in [-0.39, 0.29) is 37.2 Å². The molecule has 2 aromatic heterocycles. The molecule has 0 saturated heterocycles. The van der Waals surface area contributed by atoms with Crippen molar-refractivity contribution in [2.45, 2.75) is 112 Å². The molecule has 0 aromatic carbocycles. The number of nitrogens with one attached hydrogen (secondary N) is 2. The maximum absolute atomic E-state index is 14.5. The Labute approximate surface area is 255 Å². The van der Waals surface area contributed by atoms with Crippen molar-refractivity contribution in [3.05, 3.63) is 12.7 Å². The van der Waals surface area contributed by atoms with Gasteiger partial charge in [-0.15, -0.1) is 0 Å². The number of fused-ring (bicyclic) bond motifs is 1. The third-order valence-electron chi connectivity index (χ3n) is 7.57. The number of carbonyl (C=O) groups excluding carboxylic acids is 2. The van der Waals surface area contributed by atoms with Crippen LogP contribution >= 0.6 is 7.44 Å². The summed E-state index contributed by atoms with van der Waals surface area (Å²) in [5, 5.41) is 5.92. The summed E-state index contributed by atoms with van der Waals surface area (Å²) in [5.74, 6) is -0.363. The van der Waals surface area contributed by atoms with Gasteiger partial charge in [-0.1, -0.05) is 53.4 Å². The third kappa shape index (κ3) is 10.5. The zero-order chi connectivity index (χ0) is 32.4. The Balaban J connectivity index is 2.23. The average Bonchev–Trinajstić information content (AvgIpc) is 3.36.